The molecule has 0 saturated carbocycles. The first-order chi connectivity index (χ1) is 21.8. The maximum Gasteiger partial charge on any atom is 0.266 e. The highest BCUT2D eigenvalue weighted by atomic mass is 32.2. The van der Waals surface area contributed by atoms with Gasteiger partial charge in [0.25, 0.3) is 10.1 Å². The maximum absolute atomic E-state index is 12.4. The topological polar surface area (TPSA) is 104 Å². The first-order valence-electron chi connectivity index (χ1n) is 18.3. The standard InChI is InChI=1S/C38H69NO5S/c1-3-5-7-9-11-12-13-14-15-16-17-18-19-20-21-22-23-24-25-26-28-30-32-34-38(41)39-36(35-45(42,43)44)37(40)33-31-29-27-10-8-6-4-2/h5,7,11-12,14-15,17-18,36-37,40H,3-4,6,8-10,13,16,19-35H2,1-2H3,(H,39,41)(H,42,43,44)/b7-5-,12-11-,15-14-,18-17-. The van der Waals surface area contributed by atoms with Crippen molar-refractivity contribution >= 4 is 16.0 Å². The van der Waals surface area contributed by atoms with Gasteiger partial charge >= 0.3 is 0 Å². The molecule has 0 fully saturated rings. The minimum absolute atomic E-state index is 0.257. The zero-order valence-corrected chi connectivity index (χ0v) is 29.8. The number of aliphatic hydroxyl groups excluding tert-OH is 1. The second-order valence-corrected chi connectivity index (χ2v) is 14.0. The van der Waals surface area contributed by atoms with Crippen molar-refractivity contribution in [3.05, 3.63) is 48.6 Å². The third kappa shape index (κ3) is 33.5. The molecule has 0 radical (unpaired) electrons. The van der Waals surface area contributed by atoms with Gasteiger partial charge in [-0.2, -0.15) is 8.42 Å². The lowest BCUT2D eigenvalue weighted by molar-refractivity contribution is -0.122. The monoisotopic (exact) mass is 651 g/mol. The SMILES string of the molecule is CC/C=C\C/C=C\C/C=C\C/C=C\CCCCCCCCCCCCC(=O)NC(CS(=O)(=O)O)C(O)CCCCCCCCC. The molecule has 6 nitrogen and oxygen atoms in total. The van der Waals surface area contributed by atoms with Crippen molar-refractivity contribution in [3.63, 3.8) is 0 Å². The van der Waals surface area contributed by atoms with Crippen molar-refractivity contribution in [1.82, 2.24) is 5.32 Å². The molecular weight excluding hydrogens is 582 g/mol. The molecule has 45 heavy (non-hydrogen) atoms. The van der Waals surface area contributed by atoms with Crippen molar-refractivity contribution in [2.75, 3.05) is 5.75 Å². The molecule has 0 rings (SSSR count). The third-order valence-corrected chi connectivity index (χ3v) is 8.83. The van der Waals surface area contributed by atoms with Gasteiger partial charge in [-0.3, -0.25) is 9.35 Å². The van der Waals surface area contributed by atoms with Gasteiger partial charge in [-0.1, -0.05) is 159 Å². The molecule has 7 heteroatoms. The molecule has 0 aromatic carbocycles. The molecule has 0 heterocycles. The van der Waals surface area contributed by atoms with Gasteiger partial charge in [-0.05, 0) is 51.4 Å². The Hall–Kier alpha value is -1.70. The van der Waals surface area contributed by atoms with Crippen LogP contribution in [0, 0.1) is 0 Å². The molecule has 262 valence electrons. The molecule has 0 bridgehead atoms. The van der Waals surface area contributed by atoms with Crippen molar-refractivity contribution in [2.24, 2.45) is 0 Å². The van der Waals surface area contributed by atoms with E-state index in [0.29, 0.717) is 12.8 Å². The molecule has 0 saturated heterocycles. The van der Waals surface area contributed by atoms with Gasteiger partial charge in [0.05, 0.1) is 17.9 Å². The number of rotatable bonds is 32. The van der Waals surface area contributed by atoms with E-state index in [1.807, 2.05) is 0 Å². The van der Waals surface area contributed by atoms with Crippen LogP contribution in [0.25, 0.3) is 0 Å². The Morgan fingerprint density at radius 3 is 1.58 bits per heavy atom. The number of hydrogen-bond donors (Lipinski definition) is 3. The molecule has 0 aliphatic rings. The first kappa shape index (κ1) is 43.3. The van der Waals surface area contributed by atoms with E-state index in [-0.39, 0.29) is 5.91 Å². The lowest BCUT2D eigenvalue weighted by Gasteiger charge is -2.23. The quantitative estimate of drug-likeness (QED) is 0.0381. The largest absolute Gasteiger partial charge is 0.391 e. The van der Waals surface area contributed by atoms with Gasteiger partial charge in [0.1, 0.15) is 0 Å². The molecule has 2 unspecified atom stereocenters. The van der Waals surface area contributed by atoms with E-state index in [1.54, 1.807) is 0 Å². The average Bonchev–Trinajstić information content (AvgIpc) is 3.00. The normalized spacial score (nSPS) is 14.0. The van der Waals surface area contributed by atoms with Crippen LogP contribution in [0.3, 0.4) is 0 Å². The van der Waals surface area contributed by atoms with E-state index in [0.717, 1.165) is 64.2 Å². The summed E-state index contributed by atoms with van der Waals surface area (Å²) in [4.78, 5) is 12.4. The Morgan fingerprint density at radius 1 is 0.622 bits per heavy atom. The summed E-state index contributed by atoms with van der Waals surface area (Å²) in [5, 5.41) is 13.2. The van der Waals surface area contributed by atoms with E-state index in [9.17, 15) is 22.9 Å². The Labute approximate surface area is 278 Å². The maximum atomic E-state index is 12.4. The van der Waals surface area contributed by atoms with Crippen molar-refractivity contribution in [3.8, 4) is 0 Å². The number of unbranched alkanes of at least 4 members (excludes halogenated alkanes) is 16. The summed E-state index contributed by atoms with van der Waals surface area (Å²) < 4.78 is 32.2. The molecule has 3 N–H and O–H groups in total. The second kappa shape index (κ2) is 32.2. The number of aliphatic hydroxyl groups is 1. The molecule has 1 amide bonds. The van der Waals surface area contributed by atoms with Crippen LogP contribution in [-0.4, -0.2) is 41.9 Å². The fourth-order valence-corrected chi connectivity index (χ4v) is 6.09. The number of amides is 1. The van der Waals surface area contributed by atoms with E-state index in [1.165, 1.54) is 77.0 Å². The number of carbonyl (C=O) groups is 1. The van der Waals surface area contributed by atoms with E-state index in [2.05, 4.69) is 67.8 Å². The average molecular weight is 652 g/mol. The predicted octanol–water partition coefficient (Wildman–Crippen LogP) is 10.3. The van der Waals surface area contributed by atoms with Crippen LogP contribution >= 0.6 is 0 Å². The summed E-state index contributed by atoms with van der Waals surface area (Å²) in [6.45, 7) is 4.34. The van der Waals surface area contributed by atoms with E-state index >= 15 is 0 Å². The summed E-state index contributed by atoms with van der Waals surface area (Å²) >= 11 is 0. The molecule has 2 atom stereocenters. The van der Waals surface area contributed by atoms with Crippen LogP contribution in [0.4, 0.5) is 0 Å². The van der Waals surface area contributed by atoms with Crippen LogP contribution in [0.15, 0.2) is 48.6 Å². The van der Waals surface area contributed by atoms with Crippen LogP contribution in [-0.2, 0) is 14.9 Å². The molecular formula is C38H69NO5S. The first-order valence-corrected chi connectivity index (χ1v) is 19.9. The zero-order chi connectivity index (χ0) is 33.3. The minimum Gasteiger partial charge on any atom is -0.391 e. The molecule has 0 aliphatic heterocycles. The molecule has 0 spiro atoms. The van der Waals surface area contributed by atoms with Gasteiger partial charge in [0.15, 0.2) is 0 Å². The van der Waals surface area contributed by atoms with Gasteiger partial charge in [0, 0.05) is 6.42 Å². The summed E-state index contributed by atoms with van der Waals surface area (Å²) in [5.41, 5.74) is 0. The van der Waals surface area contributed by atoms with Gasteiger partial charge in [-0.25, -0.2) is 0 Å². The number of nitrogens with one attached hydrogen (secondary N) is 1. The van der Waals surface area contributed by atoms with Crippen LogP contribution in [0.2, 0.25) is 0 Å². The van der Waals surface area contributed by atoms with E-state index in [4.69, 9.17) is 0 Å². The van der Waals surface area contributed by atoms with Crippen LogP contribution < -0.4 is 5.32 Å². The summed E-state index contributed by atoms with van der Waals surface area (Å²) in [6, 6.07) is -0.971. The van der Waals surface area contributed by atoms with E-state index < -0.39 is 28.0 Å². The highest BCUT2D eigenvalue weighted by Gasteiger charge is 2.26. The summed E-state index contributed by atoms with van der Waals surface area (Å²) in [6.07, 6.45) is 42.3. The van der Waals surface area contributed by atoms with Gasteiger partial charge < -0.3 is 10.4 Å². The molecule has 0 aromatic rings. The summed E-state index contributed by atoms with van der Waals surface area (Å²) in [5.74, 6) is -0.909. The fraction of sp³-hybridized carbons (Fsp3) is 0.763. The Bertz CT molecular complexity index is 894. The second-order valence-electron chi connectivity index (χ2n) is 12.5. The zero-order valence-electron chi connectivity index (χ0n) is 29.0. The van der Waals surface area contributed by atoms with Crippen molar-refractivity contribution in [1.29, 1.82) is 0 Å². The fourth-order valence-electron chi connectivity index (χ4n) is 5.33. The summed E-state index contributed by atoms with van der Waals surface area (Å²) in [7, 11) is -4.30. The highest BCUT2D eigenvalue weighted by molar-refractivity contribution is 7.85. The predicted molar refractivity (Wildman–Crippen MR) is 193 cm³/mol. The smallest absolute Gasteiger partial charge is 0.266 e. The Balaban J connectivity index is 3.79. The minimum atomic E-state index is -4.30. The van der Waals surface area contributed by atoms with Crippen LogP contribution in [0.5, 0.6) is 0 Å². The number of hydrogen-bond acceptors (Lipinski definition) is 4. The lowest BCUT2D eigenvalue weighted by atomic mass is 10.0. The highest BCUT2D eigenvalue weighted by Crippen LogP contribution is 2.14. The number of carbonyl (C=O) groups excluding carboxylic acids is 1. The van der Waals surface area contributed by atoms with Crippen molar-refractivity contribution < 1.29 is 22.9 Å². The van der Waals surface area contributed by atoms with Crippen LogP contribution in [0.1, 0.15) is 168 Å². The number of allylic oxidation sites excluding steroid dienone is 8. The Kier molecular flexibility index (Phi) is 31.0. The van der Waals surface area contributed by atoms with Gasteiger partial charge in [-0.15, -0.1) is 0 Å². The molecule has 0 aliphatic carbocycles. The van der Waals surface area contributed by atoms with Gasteiger partial charge in [0.2, 0.25) is 5.91 Å². The Morgan fingerprint density at radius 2 is 1.07 bits per heavy atom. The lowest BCUT2D eigenvalue weighted by Crippen LogP contribution is -2.47. The molecule has 0 aromatic heterocycles. The van der Waals surface area contributed by atoms with Crippen molar-refractivity contribution in [2.45, 2.75) is 180 Å². The third-order valence-electron chi connectivity index (χ3n) is 8.05.